The standard InChI is InChI=1S/C18H20N4O2/c1-3-21(4-2)12-16(23)22-15-10-6-5-9-14(15)20-18(24)13-8-7-11-19-17(13)22/h5-11H,3-4,12H2,1-2H3,(H,20,24). The van der Waals surface area contributed by atoms with E-state index in [9.17, 15) is 9.59 Å². The lowest BCUT2D eigenvalue weighted by molar-refractivity contribution is -0.119. The minimum atomic E-state index is -0.260. The Morgan fingerprint density at radius 1 is 1.17 bits per heavy atom. The maximum absolute atomic E-state index is 13.0. The van der Waals surface area contributed by atoms with Crippen LogP contribution in [-0.2, 0) is 4.79 Å². The lowest BCUT2D eigenvalue weighted by Crippen LogP contribution is -2.38. The van der Waals surface area contributed by atoms with E-state index in [2.05, 4.69) is 10.3 Å². The summed E-state index contributed by atoms with van der Waals surface area (Å²) >= 11 is 0. The molecule has 0 unspecified atom stereocenters. The Morgan fingerprint density at radius 3 is 2.67 bits per heavy atom. The molecule has 6 nitrogen and oxygen atoms in total. The van der Waals surface area contributed by atoms with Gasteiger partial charge in [-0.2, -0.15) is 0 Å². The molecule has 2 aromatic rings. The number of aromatic nitrogens is 1. The van der Waals surface area contributed by atoms with Gasteiger partial charge in [0.1, 0.15) is 0 Å². The predicted octanol–water partition coefficient (Wildman–Crippen LogP) is 2.65. The molecule has 1 aromatic carbocycles. The quantitative estimate of drug-likeness (QED) is 0.939. The highest BCUT2D eigenvalue weighted by atomic mass is 16.2. The van der Waals surface area contributed by atoms with Gasteiger partial charge in [0.05, 0.1) is 23.5 Å². The summed E-state index contributed by atoms with van der Waals surface area (Å²) in [4.78, 5) is 33.4. The molecule has 0 saturated heterocycles. The van der Waals surface area contributed by atoms with E-state index >= 15 is 0 Å². The molecule has 0 atom stereocenters. The third kappa shape index (κ3) is 2.88. The van der Waals surface area contributed by atoms with Gasteiger partial charge in [-0.25, -0.2) is 4.98 Å². The van der Waals surface area contributed by atoms with E-state index in [1.54, 1.807) is 29.3 Å². The second-order valence-electron chi connectivity index (χ2n) is 5.54. The highest BCUT2D eigenvalue weighted by Crippen LogP contribution is 2.36. The molecule has 3 rings (SSSR count). The van der Waals surface area contributed by atoms with Crippen molar-refractivity contribution in [2.45, 2.75) is 13.8 Å². The Kier molecular flexibility index (Phi) is 4.57. The molecule has 6 heteroatoms. The first-order valence-electron chi connectivity index (χ1n) is 8.06. The number of hydrogen-bond acceptors (Lipinski definition) is 4. The molecule has 0 spiro atoms. The van der Waals surface area contributed by atoms with Gasteiger partial charge in [-0.1, -0.05) is 26.0 Å². The third-order valence-corrected chi connectivity index (χ3v) is 4.14. The van der Waals surface area contributed by atoms with Gasteiger partial charge in [-0.15, -0.1) is 0 Å². The Labute approximate surface area is 141 Å². The van der Waals surface area contributed by atoms with Gasteiger partial charge in [-0.3, -0.25) is 19.4 Å². The number of nitrogens with zero attached hydrogens (tertiary/aromatic N) is 3. The molecule has 0 fully saturated rings. The van der Waals surface area contributed by atoms with E-state index in [1.165, 1.54) is 0 Å². The normalized spacial score (nSPS) is 13.1. The van der Waals surface area contributed by atoms with Gasteiger partial charge < -0.3 is 5.32 Å². The van der Waals surface area contributed by atoms with Crippen LogP contribution in [0.15, 0.2) is 42.6 Å². The Hall–Kier alpha value is -2.73. The van der Waals surface area contributed by atoms with Crippen molar-refractivity contribution >= 4 is 29.0 Å². The molecule has 124 valence electrons. The van der Waals surface area contributed by atoms with Crippen LogP contribution in [0.4, 0.5) is 17.2 Å². The molecular weight excluding hydrogens is 304 g/mol. The van der Waals surface area contributed by atoms with E-state index < -0.39 is 0 Å². The van der Waals surface area contributed by atoms with Crippen molar-refractivity contribution in [1.29, 1.82) is 0 Å². The van der Waals surface area contributed by atoms with Crippen LogP contribution in [0, 0.1) is 0 Å². The summed E-state index contributed by atoms with van der Waals surface area (Å²) < 4.78 is 0. The van der Waals surface area contributed by atoms with Crippen LogP contribution in [0.5, 0.6) is 0 Å². The molecule has 1 aliphatic heterocycles. The number of carbonyl (C=O) groups is 2. The maximum Gasteiger partial charge on any atom is 0.259 e. The summed E-state index contributed by atoms with van der Waals surface area (Å²) in [6.45, 7) is 5.87. The predicted molar refractivity (Wildman–Crippen MR) is 93.6 cm³/mol. The number of nitrogens with one attached hydrogen (secondary N) is 1. The van der Waals surface area contributed by atoms with E-state index in [-0.39, 0.29) is 18.4 Å². The summed E-state index contributed by atoms with van der Waals surface area (Å²) in [5.74, 6) is 0.00314. The van der Waals surface area contributed by atoms with Crippen LogP contribution < -0.4 is 10.2 Å². The van der Waals surface area contributed by atoms with Crippen LogP contribution in [0.1, 0.15) is 24.2 Å². The zero-order valence-corrected chi connectivity index (χ0v) is 13.8. The van der Waals surface area contributed by atoms with Gasteiger partial charge in [0.15, 0.2) is 5.82 Å². The first kappa shape index (κ1) is 16.1. The Morgan fingerprint density at radius 2 is 1.92 bits per heavy atom. The topological polar surface area (TPSA) is 65.5 Å². The van der Waals surface area contributed by atoms with Crippen molar-refractivity contribution in [2.24, 2.45) is 0 Å². The summed E-state index contributed by atoms with van der Waals surface area (Å²) in [5, 5.41) is 2.86. The number of carbonyl (C=O) groups excluding carboxylic acids is 2. The van der Waals surface area contributed by atoms with Gasteiger partial charge in [0.25, 0.3) is 5.91 Å². The van der Waals surface area contributed by atoms with Crippen molar-refractivity contribution in [2.75, 3.05) is 29.9 Å². The molecule has 0 bridgehead atoms. The molecule has 0 saturated carbocycles. The van der Waals surface area contributed by atoms with Crippen LogP contribution in [0.25, 0.3) is 0 Å². The van der Waals surface area contributed by atoms with Crippen LogP contribution in [0.2, 0.25) is 0 Å². The zero-order valence-electron chi connectivity index (χ0n) is 13.8. The molecule has 1 aromatic heterocycles. The number of hydrogen-bond donors (Lipinski definition) is 1. The van der Waals surface area contributed by atoms with E-state index in [0.29, 0.717) is 22.8 Å². The molecule has 0 aliphatic carbocycles. The summed E-state index contributed by atoms with van der Waals surface area (Å²) in [6, 6.07) is 10.7. The third-order valence-electron chi connectivity index (χ3n) is 4.14. The average molecular weight is 324 g/mol. The van der Waals surface area contributed by atoms with E-state index in [4.69, 9.17) is 0 Å². The fraction of sp³-hybridized carbons (Fsp3) is 0.278. The maximum atomic E-state index is 13.0. The zero-order chi connectivity index (χ0) is 17.1. The number of rotatable bonds is 4. The minimum absolute atomic E-state index is 0.109. The Balaban J connectivity index is 2.11. The number of amides is 2. The first-order chi connectivity index (χ1) is 11.7. The molecule has 0 radical (unpaired) electrons. The second-order valence-corrected chi connectivity index (χ2v) is 5.54. The van der Waals surface area contributed by atoms with Crippen LogP contribution in [-0.4, -0.2) is 41.3 Å². The fourth-order valence-corrected chi connectivity index (χ4v) is 2.79. The molecule has 1 N–H and O–H groups in total. The van der Waals surface area contributed by atoms with E-state index in [0.717, 1.165) is 13.1 Å². The molecule has 2 heterocycles. The SMILES string of the molecule is CCN(CC)CC(=O)N1c2ccccc2NC(=O)c2cccnc21. The summed E-state index contributed by atoms with van der Waals surface area (Å²) in [7, 11) is 0. The van der Waals surface area contributed by atoms with Crippen LogP contribution in [0.3, 0.4) is 0 Å². The summed E-state index contributed by atoms with van der Waals surface area (Å²) in [6.07, 6.45) is 1.59. The Bertz CT molecular complexity index is 771. The van der Waals surface area contributed by atoms with Gasteiger partial charge in [0, 0.05) is 6.20 Å². The molecule has 1 aliphatic rings. The number of anilines is 3. The number of likely N-dealkylation sites (N-methyl/N-ethyl adjacent to an activating group) is 1. The van der Waals surface area contributed by atoms with Crippen molar-refractivity contribution in [1.82, 2.24) is 9.88 Å². The average Bonchev–Trinajstić information content (AvgIpc) is 2.73. The highest BCUT2D eigenvalue weighted by Gasteiger charge is 2.30. The summed E-state index contributed by atoms with van der Waals surface area (Å²) in [5.41, 5.74) is 1.63. The van der Waals surface area contributed by atoms with Crippen LogP contribution >= 0.6 is 0 Å². The number of fused-ring (bicyclic) bond motifs is 2. The van der Waals surface area contributed by atoms with E-state index in [1.807, 2.05) is 36.9 Å². The largest absolute Gasteiger partial charge is 0.320 e. The van der Waals surface area contributed by atoms with Gasteiger partial charge in [-0.05, 0) is 37.4 Å². The van der Waals surface area contributed by atoms with Gasteiger partial charge in [0.2, 0.25) is 5.91 Å². The molecule has 24 heavy (non-hydrogen) atoms. The monoisotopic (exact) mass is 324 g/mol. The second kappa shape index (κ2) is 6.80. The number of benzene rings is 1. The van der Waals surface area contributed by atoms with Crippen molar-refractivity contribution in [3.8, 4) is 0 Å². The molecular formula is C18H20N4O2. The first-order valence-corrected chi connectivity index (χ1v) is 8.06. The van der Waals surface area contributed by atoms with Gasteiger partial charge >= 0.3 is 0 Å². The van der Waals surface area contributed by atoms with Crippen molar-refractivity contribution in [3.63, 3.8) is 0 Å². The smallest absolute Gasteiger partial charge is 0.259 e. The number of para-hydroxylation sites is 2. The fourth-order valence-electron chi connectivity index (χ4n) is 2.79. The van der Waals surface area contributed by atoms with Crippen molar-refractivity contribution in [3.05, 3.63) is 48.2 Å². The highest BCUT2D eigenvalue weighted by molar-refractivity contribution is 6.17. The minimum Gasteiger partial charge on any atom is -0.320 e. The lowest BCUT2D eigenvalue weighted by Gasteiger charge is -2.26. The molecule has 2 amide bonds. The number of pyridine rings is 1. The lowest BCUT2D eigenvalue weighted by atomic mass is 10.2. The van der Waals surface area contributed by atoms with Crippen molar-refractivity contribution < 1.29 is 9.59 Å².